The molecular weight excluding hydrogens is 314 g/mol. The second-order valence-corrected chi connectivity index (χ2v) is 5.53. The highest BCUT2D eigenvalue weighted by molar-refractivity contribution is 6.30. The SMILES string of the molecule is CCc1ccc(NC(=O)[C@@H](C)OC(=O)c2cccc(Cl)c2)cc1. The topological polar surface area (TPSA) is 55.4 Å². The summed E-state index contributed by atoms with van der Waals surface area (Å²) in [5, 5.41) is 3.16. The number of carbonyl (C=O) groups excluding carboxylic acids is 2. The Morgan fingerprint density at radius 3 is 2.48 bits per heavy atom. The predicted octanol–water partition coefficient (Wildman–Crippen LogP) is 4.09. The van der Waals surface area contributed by atoms with E-state index in [2.05, 4.69) is 12.2 Å². The molecule has 0 heterocycles. The summed E-state index contributed by atoms with van der Waals surface area (Å²) in [4.78, 5) is 24.1. The summed E-state index contributed by atoms with van der Waals surface area (Å²) in [6.45, 7) is 3.59. The Hall–Kier alpha value is -2.33. The van der Waals surface area contributed by atoms with E-state index in [1.807, 2.05) is 24.3 Å². The molecule has 2 aromatic carbocycles. The lowest BCUT2D eigenvalue weighted by Crippen LogP contribution is -2.30. The van der Waals surface area contributed by atoms with Gasteiger partial charge < -0.3 is 10.1 Å². The largest absolute Gasteiger partial charge is 0.449 e. The number of aryl methyl sites for hydroxylation is 1. The predicted molar refractivity (Wildman–Crippen MR) is 90.8 cm³/mol. The Morgan fingerprint density at radius 1 is 1.17 bits per heavy atom. The van der Waals surface area contributed by atoms with Crippen LogP contribution in [0.1, 0.15) is 29.8 Å². The maximum absolute atomic E-state index is 12.1. The van der Waals surface area contributed by atoms with Crippen LogP contribution in [0.4, 0.5) is 5.69 Å². The van der Waals surface area contributed by atoms with Crippen molar-refractivity contribution in [3.05, 3.63) is 64.7 Å². The molecule has 1 atom stereocenters. The molecule has 120 valence electrons. The highest BCUT2D eigenvalue weighted by Gasteiger charge is 2.19. The molecule has 0 saturated carbocycles. The minimum Gasteiger partial charge on any atom is -0.449 e. The van der Waals surface area contributed by atoms with Gasteiger partial charge in [-0.05, 0) is 49.2 Å². The third kappa shape index (κ3) is 4.83. The number of rotatable bonds is 5. The van der Waals surface area contributed by atoms with Gasteiger partial charge >= 0.3 is 5.97 Å². The smallest absolute Gasteiger partial charge is 0.338 e. The fourth-order valence-corrected chi connectivity index (χ4v) is 2.16. The molecule has 0 aliphatic carbocycles. The van der Waals surface area contributed by atoms with Crippen LogP contribution < -0.4 is 5.32 Å². The molecule has 4 nitrogen and oxygen atoms in total. The Morgan fingerprint density at radius 2 is 1.87 bits per heavy atom. The standard InChI is InChI=1S/C18H18ClNO3/c1-3-13-7-9-16(10-8-13)20-17(21)12(2)23-18(22)14-5-4-6-15(19)11-14/h4-12H,3H2,1-2H3,(H,20,21)/t12-/m1/s1. The van der Waals surface area contributed by atoms with Crippen LogP contribution in [0.3, 0.4) is 0 Å². The van der Waals surface area contributed by atoms with Crippen LogP contribution in [-0.4, -0.2) is 18.0 Å². The average molecular weight is 332 g/mol. The fraction of sp³-hybridized carbons (Fsp3) is 0.222. The maximum Gasteiger partial charge on any atom is 0.338 e. The zero-order valence-electron chi connectivity index (χ0n) is 13.0. The van der Waals surface area contributed by atoms with Crippen molar-refractivity contribution in [3.63, 3.8) is 0 Å². The lowest BCUT2D eigenvalue weighted by molar-refractivity contribution is -0.123. The molecule has 2 aromatic rings. The normalized spacial score (nSPS) is 11.6. The van der Waals surface area contributed by atoms with E-state index in [4.69, 9.17) is 16.3 Å². The molecule has 1 amide bonds. The van der Waals surface area contributed by atoms with E-state index in [1.54, 1.807) is 18.2 Å². The van der Waals surface area contributed by atoms with E-state index in [1.165, 1.54) is 18.6 Å². The minimum atomic E-state index is -0.910. The van der Waals surface area contributed by atoms with Gasteiger partial charge in [-0.2, -0.15) is 0 Å². The number of halogens is 1. The molecule has 0 fully saturated rings. The van der Waals surface area contributed by atoms with Crippen LogP contribution in [0.2, 0.25) is 5.02 Å². The van der Waals surface area contributed by atoms with Gasteiger partial charge in [0.2, 0.25) is 0 Å². The van der Waals surface area contributed by atoms with Gasteiger partial charge in [0.25, 0.3) is 5.91 Å². The van der Waals surface area contributed by atoms with Gasteiger partial charge in [-0.1, -0.05) is 36.7 Å². The Balaban J connectivity index is 1.95. The molecule has 0 spiro atoms. The summed E-state index contributed by atoms with van der Waals surface area (Å²) >= 11 is 5.83. The van der Waals surface area contributed by atoms with Gasteiger partial charge in [-0.25, -0.2) is 4.79 Å². The second kappa shape index (κ2) is 7.79. The average Bonchev–Trinajstić information content (AvgIpc) is 2.55. The van der Waals surface area contributed by atoms with E-state index in [-0.39, 0.29) is 5.91 Å². The van der Waals surface area contributed by atoms with Gasteiger partial charge in [-0.3, -0.25) is 4.79 Å². The number of esters is 1. The summed E-state index contributed by atoms with van der Waals surface area (Å²) in [5.74, 6) is -0.971. The first-order valence-electron chi connectivity index (χ1n) is 7.36. The Kier molecular flexibility index (Phi) is 5.77. The van der Waals surface area contributed by atoms with E-state index < -0.39 is 12.1 Å². The van der Waals surface area contributed by atoms with Crippen LogP contribution in [0.25, 0.3) is 0 Å². The molecule has 0 aliphatic heterocycles. The third-order valence-corrected chi connectivity index (χ3v) is 3.58. The number of benzene rings is 2. The lowest BCUT2D eigenvalue weighted by atomic mass is 10.1. The van der Waals surface area contributed by atoms with Crippen LogP contribution in [0.5, 0.6) is 0 Å². The van der Waals surface area contributed by atoms with Crippen LogP contribution in [-0.2, 0) is 16.0 Å². The number of amides is 1. The minimum absolute atomic E-state index is 0.310. The van der Waals surface area contributed by atoms with Crippen LogP contribution >= 0.6 is 11.6 Å². The van der Waals surface area contributed by atoms with Crippen molar-refractivity contribution < 1.29 is 14.3 Å². The van der Waals surface area contributed by atoms with Crippen molar-refractivity contribution in [1.29, 1.82) is 0 Å². The molecule has 0 saturated heterocycles. The first kappa shape index (κ1) is 17.0. The van der Waals surface area contributed by atoms with Crippen molar-refractivity contribution in [3.8, 4) is 0 Å². The van der Waals surface area contributed by atoms with Gasteiger partial charge in [0.1, 0.15) is 0 Å². The van der Waals surface area contributed by atoms with Crippen molar-refractivity contribution in [1.82, 2.24) is 0 Å². The molecule has 1 N–H and O–H groups in total. The van der Waals surface area contributed by atoms with Crippen molar-refractivity contribution in [2.45, 2.75) is 26.4 Å². The molecule has 0 radical (unpaired) electrons. The zero-order valence-corrected chi connectivity index (χ0v) is 13.8. The maximum atomic E-state index is 12.1. The summed E-state index contributed by atoms with van der Waals surface area (Å²) < 4.78 is 5.16. The highest BCUT2D eigenvalue weighted by atomic mass is 35.5. The van der Waals surface area contributed by atoms with Crippen LogP contribution in [0.15, 0.2) is 48.5 Å². The van der Waals surface area contributed by atoms with Gasteiger partial charge in [0, 0.05) is 10.7 Å². The van der Waals surface area contributed by atoms with E-state index >= 15 is 0 Å². The quantitative estimate of drug-likeness (QED) is 0.840. The molecule has 5 heteroatoms. The van der Waals surface area contributed by atoms with Crippen molar-refractivity contribution in [2.75, 3.05) is 5.32 Å². The molecule has 2 rings (SSSR count). The molecule has 0 bridgehead atoms. The summed E-state index contributed by atoms with van der Waals surface area (Å²) in [6.07, 6.45) is 0.0225. The first-order chi connectivity index (χ1) is 11.0. The number of hydrogen-bond acceptors (Lipinski definition) is 3. The van der Waals surface area contributed by atoms with E-state index in [0.717, 1.165) is 6.42 Å². The molecule has 0 aromatic heterocycles. The lowest BCUT2D eigenvalue weighted by Gasteiger charge is -2.14. The monoisotopic (exact) mass is 331 g/mol. The molecular formula is C18H18ClNO3. The Labute approximate surface area is 140 Å². The summed E-state index contributed by atoms with van der Waals surface area (Å²) in [5.41, 5.74) is 2.16. The third-order valence-electron chi connectivity index (χ3n) is 3.34. The number of carbonyl (C=O) groups is 2. The highest BCUT2D eigenvalue weighted by Crippen LogP contribution is 2.14. The molecule has 0 unspecified atom stereocenters. The fourth-order valence-electron chi connectivity index (χ4n) is 1.97. The molecule has 0 aliphatic rings. The van der Waals surface area contributed by atoms with Crippen molar-refractivity contribution in [2.24, 2.45) is 0 Å². The summed E-state index contributed by atoms with van der Waals surface area (Å²) in [6, 6.07) is 13.9. The second-order valence-electron chi connectivity index (χ2n) is 5.10. The van der Waals surface area contributed by atoms with Gasteiger partial charge in [0.15, 0.2) is 6.10 Å². The molecule has 23 heavy (non-hydrogen) atoms. The van der Waals surface area contributed by atoms with Gasteiger partial charge in [0.05, 0.1) is 5.56 Å². The number of hydrogen-bond donors (Lipinski definition) is 1. The summed E-state index contributed by atoms with van der Waals surface area (Å²) in [7, 11) is 0. The van der Waals surface area contributed by atoms with Crippen LogP contribution in [0, 0.1) is 0 Å². The van der Waals surface area contributed by atoms with Crippen molar-refractivity contribution >= 4 is 29.2 Å². The van der Waals surface area contributed by atoms with E-state index in [9.17, 15) is 9.59 Å². The Bertz CT molecular complexity index is 698. The van der Waals surface area contributed by atoms with Gasteiger partial charge in [-0.15, -0.1) is 0 Å². The number of nitrogens with one attached hydrogen (secondary N) is 1. The number of ether oxygens (including phenoxy) is 1. The van der Waals surface area contributed by atoms with E-state index in [0.29, 0.717) is 16.3 Å². The zero-order chi connectivity index (χ0) is 16.8. The first-order valence-corrected chi connectivity index (χ1v) is 7.73. The number of anilines is 1.